The van der Waals surface area contributed by atoms with Gasteiger partial charge in [-0.2, -0.15) is 5.10 Å². The molecule has 0 bridgehead atoms. The summed E-state index contributed by atoms with van der Waals surface area (Å²) in [5.41, 5.74) is 1.10. The van der Waals surface area contributed by atoms with Crippen LogP contribution in [0.1, 0.15) is 18.9 Å². The fraction of sp³-hybridized carbons (Fsp3) is 0.273. The first-order valence-electron chi connectivity index (χ1n) is 5.18. The van der Waals surface area contributed by atoms with Gasteiger partial charge in [-0.1, -0.05) is 28.1 Å². The van der Waals surface area contributed by atoms with Crippen LogP contribution >= 0.6 is 28.1 Å². The molecule has 82 valence electrons. The van der Waals surface area contributed by atoms with Gasteiger partial charge >= 0.3 is 0 Å². The molecule has 16 heavy (non-hydrogen) atoms. The largest absolute Gasteiger partial charge is 0.297 e. The van der Waals surface area contributed by atoms with Crippen molar-refractivity contribution in [3.63, 3.8) is 0 Å². The van der Waals surface area contributed by atoms with E-state index in [1.165, 1.54) is 12.8 Å². The summed E-state index contributed by atoms with van der Waals surface area (Å²) in [5, 5.41) is 7.18. The average molecular weight is 296 g/mol. The lowest BCUT2D eigenvalue weighted by Gasteiger charge is -2.04. The van der Waals surface area contributed by atoms with Gasteiger partial charge in [0.05, 0.1) is 0 Å². The second-order valence-corrected chi connectivity index (χ2v) is 5.26. The Balaban J connectivity index is 2.12. The van der Waals surface area contributed by atoms with E-state index in [1.54, 1.807) is 0 Å². The van der Waals surface area contributed by atoms with Gasteiger partial charge in [-0.25, -0.2) is 0 Å². The van der Waals surface area contributed by atoms with Gasteiger partial charge in [-0.05, 0) is 37.2 Å². The molecule has 0 radical (unpaired) electrons. The number of aromatic nitrogens is 3. The molecule has 1 aromatic carbocycles. The number of nitrogens with zero attached hydrogens (tertiary/aromatic N) is 2. The predicted octanol–water partition coefficient (Wildman–Crippen LogP) is 3.71. The highest BCUT2D eigenvalue weighted by Crippen LogP contribution is 2.38. The van der Waals surface area contributed by atoms with E-state index in [-0.39, 0.29) is 0 Å². The minimum absolute atomic E-state index is 0.546. The van der Waals surface area contributed by atoms with Gasteiger partial charge in [0.25, 0.3) is 0 Å². The second-order valence-electron chi connectivity index (χ2n) is 3.96. The summed E-state index contributed by atoms with van der Waals surface area (Å²) in [6.45, 7) is 0. The fourth-order valence-corrected chi connectivity index (χ4v) is 2.32. The zero-order valence-corrected chi connectivity index (χ0v) is 10.9. The Morgan fingerprint density at radius 1 is 1.31 bits per heavy atom. The molecule has 0 aliphatic heterocycles. The quantitative estimate of drug-likeness (QED) is 0.857. The lowest BCUT2D eigenvalue weighted by Crippen LogP contribution is -1.97. The summed E-state index contributed by atoms with van der Waals surface area (Å²) >= 11 is 8.68. The van der Waals surface area contributed by atoms with Crippen LogP contribution in [0.3, 0.4) is 0 Å². The molecule has 0 saturated heterocycles. The fourth-order valence-electron chi connectivity index (χ4n) is 1.78. The Hall–Kier alpha value is -0.940. The van der Waals surface area contributed by atoms with E-state index in [1.807, 2.05) is 24.3 Å². The molecule has 0 spiro atoms. The summed E-state index contributed by atoms with van der Waals surface area (Å²) in [7, 11) is 0. The third-order valence-electron chi connectivity index (χ3n) is 2.72. The molecular formula is C11H10BrN3S. The molecule has 0 amide bonds. The minimum Gasteiger partial charge on any atom is -0.297 e. The Morgan fingerprint density at radius 2 is 2.00 bits per heavy atom. The molecule has 1 heterocycles. The molecule has 1 saturated carbocycles. The first kappa shape index (κ1) is 10.2. The molecule has 0 unspecified atom stereocenters. The van der Waals surface area contributed by atoms with Gasteiger partial charge < -0.3 is 0 Å². The van der Waals surface area contributed by atoms with Gasteiger partial charge in [0.1, 0.15) is 0 Å². The van der Waals surface area contributed by atoms with Crippen molar-refractivity contribution >= 4 is 28.1 Å². The van der Waals surface area contributed by atoms with E-state index in [0.29, 0.717) is 6.04 Å². The third kappa shape index (κ3) is 1.74. The molecule has 0 atom stereocenters. The van der Waals surface area contributed by atoms with Crippen molar-refractivity contribution in [3.8, 4) is 11.4 Å². The Morgan fingerprint density at radius 3 is 2.62 bits per heavy atom. The van der Waals surface area contributed by atoms with Crippen molar-refractivity contribution in [2.45, 2.75) is 18.9 Å². The Labute approximate surface area is 107 Å². The van der Waals surface area contributed by atoms with Crippen LogP contribution in [-0.2, 0) is 0 Å². The van der Waals surface area contributed by atoms with Crippen LogP contribution in [0.5, 0.6) is 0 Å². The maximum atomic E-state index is 5.25. The van der Waals surface area contributed by atoms with E-state index < -0.39 is 0 Å². The smallest absolute Gasteiger partial charge is 0.195 e. The number of hydrogen-bond acceptors (Lipinski definition) is 2. The van der Waals surface area contributed by atoms with Gasteiger partial charge in [-0.15, -0.1) is 0 Å². The molecule has 3 nitrogen and oxygen atoms in total. The third-order valence-corrected chi connectivity index (χ3v) is 3.54. The number of halogens is 1. The maximum Gasteiger partial charge on any atom is 0.195 e. The minimum atomic E-state index is 0.546. The molecule has 1 aliphatic rings. The Kier molecular flexibility index (Phi) is 2.44. The normalized spacial score (nSPS) is 15.3. The number of H-pyrrole nitrogens is 1. The van der Waals surface area contributed by atoms with Crippen molar-refractivity contribution in [2.24, 2.45) is 0 Å². The summed E-state index contributed by atoms with van der Waals surface area (Å²) in [5.74, 6) is 0.944. The van der Waals surface area contributed by atoms with Crippen molar-refractivity contribution in [2.75, 3.05) is 0 Å². The maximum absolute atomic E-state index is 5.25. The average Bonchev–Trinajstić information content (AvgIpc) is 3.04. The SMILES string of the molecule is S=c1[nH]nc(-c2ccc(Br)cc2)n1C1CC1. The summed E-state index contributed by atoms with van der Waals surface area (Å²) in [6.07, 6.45) is 2.41. The van der Waals surface area contributed by atoms with Crippen LogP contribution in [0.15, 0.2) is 28.7 Å². The molecule has 5 heteroatoms. The summed E-state index contributed by atoms with van der Waals surface area (Å²) < 4.78 is 3.92. The van der Waals surface area contributed by atoms with Crippen molar-refractivity contribution in [3.05, 3.63) is 33.5 Å². The summed E-state index contributed by atoms with van der Waals surface area (Å²) in [6, 6.07) is 8.68. The van der Waals surface area contributed by atoms with Crippen LogP contribution in [-0.4, -0.2) is 14.8 Å². The molecule has 2 aromatic rings. The number of nitrogens with one attached hydrogen (secondary N) is 1. The monoisotopic (exact) mass is 295 g/mol. The van der Waals surface area contributed by atoms with E-state index in [2.05, 4.69) is 30.7 Å². The molecule has 1 aromatic heterocycles. The summed E-state index contributed by atoms with van der Waals surface area (Å²) in [4.78, 5) is 0. The van der Waals surface area contributed by atoms with Gasteiger partial charge in [0.2, 0.25) is 0 Å². The molecular weight excluding hydrogens is 286 g/mol. The van der Waals surface area contributed by atoms with Crippen LogP contribution in [0.4, 0.5) is 0 Å². The number of aromatic amines is 1. The van der Waals surface area contributed by atoms with Gasteiger partial charge in [0, 0.05) is 16.1 Å². The Bertz CT molecular complexity index is 566. The first-order chi connectivity index (χ1) is 7.75. The highest BCUT2D eigenvalue weighted by Gasteiger charge is 2.27. The van der Waals surface area contributed by atoms with Crippen LogP contribution in [0.25, 0.3) is 11.4 Å². The van der Waals surface area contributed by atoms with E-state index in [4.69, 9.17) is 12.2 Å². The molecule has 1 aliphatic carbocycles. The molecule has 1 fully saturated rings. The van der Waals surface area contributed by atoms with Crippen LogP contribution < -0.4 is 0 Å². The highest BCUT2D eigenvalue weighted by molar-refractivity contribution is 9.10. The zero-order chi connectivity index (χ0) is 11.1. The first-order valence-corrected chi connectivity index (χ1v) is 6.38. The van der Waals surface area contributed by atoms with Crippen LogP contribution in [0.2, 0.25) is 0 Å². The number of rotatable bonds is 2. The number of benzene rings is 1. The topological polar surface area (TPSA) is 33.6 Å². The van der Waals surface area contributed by atoms with Crippen molar-refractivity contribution in [1.29, 1.82) is 0 Å². The standard InChI is InChI=1S/C11H10BrN3S/c12-8-3-1-7(2-4-8)10-13-14-11(16)15(10)9-5-6-9/h1-4,9H,5-6H2,(H,14,16). The van der Waals surface area contributed by atoms with Crippen molar-refractivity contribution in [1.82, 2.24) is 14.8 Å². The molecule has 3 rings (SSSR count). The van der Waals surface area contributed by atoms with Crippen LogP contribution in [0, 0.1) is 4.77 Å². The van der Waals surface area contributed by atoms with E-state index >= 15 is 0 Å². The second kappa shape index (κ2) is 3.82. The highest BCUT2D eigenvalue weighted by atomic mass is 79.9. The predicted molar refractivity (Wildman–Crippen MR) is 68.8 cm³/mol. The lowest BCUT2D eigenvalue weighted by atomic mass is 10.2. The van der Waals surface area contributed by atoms with Crippen molar-refractivity contribution < 1.29 is 0 Å². The molecule has 1 N–H and O–H groups in total. The lowest BCUT2D eigenvalue weighted by molar-refractivity contribution is 0.735. The van der Waals surface area contributed by atoms with E-state index in [0.717, 1.165) is 20.6 Å². The van der Waals surface area contributed by atoms with E-state index in [9.17, 15) is 0 Å². The van der Waals surface area contributed by atoms with Gasteiger partial charge in [0.15, 0.2) is 10.6 Å². The zero-order valence-electron chi connectivity index (χ0n) is 8.48. The number of hydrogen-bond donors (Lipinski definition) is 1. The van der Waals surface area contributed by atoms with Gasteiger partial charge in [-0.3, -0.25) is 9.67 Å².